The Kier molecular flexibility index (Phi) is 5.32. The molecular formula is C20H22BrF2N3. The second-order valence-electron chi connectivity index (χ2n) is 6.65. The molecule has 0 aliphatic heterocycles. The van der Waals surface area contributed by atoms with E-state index in [1.807, 2.05) is 16.7 Å². The van der Waals surface area contributed by atoms with Gasteiger partial charge in [-0.2, -0.15) is 0 Å². The Morgan fingerprint density at radius 2 is 2.00 bits per heavy atom. The molecule has 0 saturated heterocycles. The fraction of sp³-hybridized carbons (Fsp3) is 0.350. The van der Waals surface area contributed by atoms with Crippen LogP contribution in [-0.2, 0) is 6.42 Å². The van der Waals surface area contributed by atoms with E-state index in [0.29, 0.717) is 0 Å². The molecule has 3 aromatic rings. The number of fused-ring (bicyclic) bond motifs is 1. The summed E-state index contributed by atoms with van der Waals surface area (Å²) < 4.78 is 29.0. The normalized spacial score (nSPS) is 11.9. The van der Waals surface area contributed by atoms with Gasteiger partial charge < -0.3 is 5.32 Å². The summed E-state index contributed by atoms with van der Waals surface area (Å²) in [6, 6.07) is 10.2. The standard InChI is InChI=1S/C20H22BrF2N3/c1-4-14-5-6-16(9-13(14)2)26-12-25-19-17(10-15(21)11-18(19)26)24-8-7-20(3,22)23/h5-6,9-12,24H,4,7-8H2,1-3H3. The molecule has 1 N–H and O–H groups in total. The molecule has 2 aromatic carbocycles. The summed E-state index contributed by atoms with van der Waals surface area (Å²) >= 11 is 3.51. The zero-order chi connectivity index (χ0) is 18.9. The summed E-state index contributed by atoms with van der Waals surface area (Å²) in [6.45, 7) is 5.37. The van der Waals surface area contributed by atoms with Gasteiger partial charge in [-0.05, 0) is 55.7 Å². The molecule has 6 heteroatoms. The number of alkyl halides is 2. The molecule has 0 amide bonds. The Bertz CT molecular complexity index is 929. The van der Waals surface area contributed by atoms with Crippen LogP contribution in [0, 0.1) is 6.92 Å². The lowest BCUT2D eigenvalue weighted by Crippen LogP contribution is -2.16. The summed E-state index contributed by atoms with van der Waals surface area (Å²) in [5, 5.41) is 3.09. The molecule has 0 radical (unpaired) electrons. The first kappa shape index (κ1) is 18.8. The van der Waals surface area contributed by atoms with Crippen molar-refractivity contribution in [2.45, 2.75) is 39.5 Å². The fourth-order valence-electron chi connectivity index (χ4n) is 3.07. The Hall–Kier alpha value is -1.95. The van der Waals surface area contributed by atoms with Gasteiger partial charge in [0.05, 0.1) is 11.2 Å². The van der Waals surface area contributed by atoms with Crippen molar-refractivity contribution in [2.24, 2.45) is 0 Å². The van der Waals surface area contributed by atoms with Gasteiger partial charge in [0, 0.05) is 23.1 Å². The van der Waals surface area contributed by atoms with E-state index < -0.39 is 5.92 Å². The van der Waals surface area contributed by atoms with Crippen molar-refractivity contribution in [1.82, 2.24) is 9.55 Å². The number of hydrogen-bond acceptors (Lipinski definition) is 2. The summed E-state index contributed by atoms with van der Waals surface area (Å²) in [5.74, 6) is -2.68. The highest BCUT2D eigenvalue weighted by atomic mass is 79.9. The second-order valence-corrected chi connectivity index (χ2v) is 7.56. The van der Waals surface area contributed by atoms with Gasteiger partial charge in [0.1, 0.15) is 11.8 Å². The van der Waals surface area contributed by atoms with Crippen LogP contribution < -0.4 is 5.32 Å². The lowest BCUT2D eigenvalue weighted by Gasteiger charge is -2.13. The van der Waals surface area contributed by atoms with E-state index in [-0.39, 0.29) is 13.0 Å². The Morgan fingerprint density at radius 3 is 2.65 bits per heavy atom. The molecular weight excluding hydrogens is 400 g/mol. The lowest BCUT2D eigenvalue weighted by molar-refractivity contribution is 0.0167. The molecule has 0 saturated carbocycles. The number of hydrogen-bond donors (Lipinski definition) is 1. The van der Waals surface area contributed by atoms with Gasteiger partial charge in [-0.15, -0.1) is 0 Å². The van der Waals surface area contributed by atoms with Crippen LogP contribution in [0.4, 0.5) is 14.5 Å². The third-order valence-electron chi connectivity index (χ3n) is 4.48. The SMILES string of the molecule is CCc1ccc(-n2cnc3c(NCCC(C)(F)F)cc(Br)cc32)cc1C. The number of halogens is 3. The first-order chi connectivity index (χ1) is 12.3. The van der Waals surface area contributed by atoms with Crippen molar-refractivity contribution in [2.75, 3.05) is 11.9 Å². The highest BCUT2D eigenvalue weighted by Gasteiger charge is 2.20. The van der Waals surface area contributed by atoms with Crippen molar-refractivity contribution >= 4 is 32.7 Å². The molecule has 1 heterocycles. The van der Waals surface area contributed by atoms with Crippen molar-refractivity contribution in [3.8, 4) is 5.69 Å². The maximum Gasteiger partial charge on any atom is 0.247 e. The maximum atomic E-state index is 13.1. The van der Waals surface area contributed by atoms with Gasteiger partial charge in [0.2, 0.25) is 5.92 Å². The van der Waals surface area contributed by atoms with Crippen molar-refractivity contribution in [1.29, 1.82) is 0 Å². The fourth-order valence-corrected chi connectivity index (χ4v) is 3.51. The smallest absolute Gasteiger partial charge is 0.247 e. The minimum atomic E-state index is -2.68. The highest BCUT2D eigenvalue weighted by Crippen LogP contribution is 2.30. The van der Waals surface area contributed by atoms with Crippen molar-refractivity contribution in [3.63, 3.8) is 0 Å². The van der Waals surface area contributed by atoms with Crippen LogP contribution in [0.3, 0.4) is 0 Å². The molecule has 0 unspecified atom stereocenters. The van der Waals surface area contributed by atoms with Crippen molar-refractivity contribution in [3.05, 3.63) is 52.3 Å². The highest BCUT2D eigenvalue weighted by molar-refractivity contribution is 9.10. The maximum absolute atomic E-state index is 13.1. The monoisotopic (exact) mass is 421 g/mol. The van der Waals surface area contributed by atoms with Gasteiger partial charge in [0.15, 0.2) is 0 Å². The largest absolute Gasteiger partial charge is 0.383 e. The zero-order valence-electron chi connectivity index (χ0n) is 15.1. The minimum Gasteiger partial charge on any atom is -0.383 e. The average molecular weight is 422 g/mol. The number of aromatic nitrogens is 2. The van der Waals surface area contributed by atoms with Crippen LogP contribution in [0.2, 0.25) is 0 Å². The molecule has 138 valence electrons. The molecule has 0 fully saturated rings. The first-order valence-electron chi connectivity index (χ1n) is 8.66. The number of benzene rings is 2. The Labute approximate surface area is 160 Å². The van der Waals surface area contributed by atoms with Crippen LogP contribution in [0.5, 0.6) is 0 Å². The molecule has 0 spiro atoms. The van der Waals surface area contributed by atoms with E-state index >= 15 is 0 Å². The van der Waals surface area contributed by atoms with Crippen LogP contribution >= 0.6 is 15.9 Å². The van der Waals surface area contributed by atoms with Gasteiger partial charge in [0.25, 0.3) is 0 Å². The number of aryl methyl sites for hydroxylation is 2. The van der Waals surface area contributed by atoms with E-state index in [1.165, 1.54) is 11.1 Å². The van der Waals surface area contributed by atoms with Gasteiger partial charge in [-0.1, -0.05) is 28.9 Å². The molecule has 26 heavy (non-hydrogen) atoms. The predicted octanol–water partition coefficient (Wildman–Crippen LogP) is 6.12. The molecule has 0 aliphatic carbocycles. The number of anilines is 1. The van der Waals surface area contributed by atoms with Crippen LogP contribution in [0.1, 0.15) is 31.4 Å². The number of imidazole rings is 1. The molecule has 1 aromatic heterocycles. The predicted molar refractivity (Wildman–Crippen MR) is 107 cm³/mol. The minimum absolute atomic E-state index is 0.187. The second kappa shape index (κ2) is 7.35. The summed E-state index contributed by atoms with van der Waals surface area (Å²) in [7, 11) is 0. The van der Waals surface area contributed by atoms with E-state index in [9.17, 15) is 8.78 Å². The lowest BCUT2D eigenvalue weighted by atomic mass is 10.1. The van der Waals surface area contributed by atoms with E-state index in [2.05, 4.69) is 58.3 Å². The van der Waals surface area contributed by atoms with Gasteiger partial charge in [-0.25, -0.2) is 13.8 Å². The zero-order valence-corrected chi connectivity index (χ0v) is 16.7. The Balaban J connectivity index is 1.98. The summed E-state index contributed by atoms with van der Waals surface area (Å²) in [5.41, 5.74) is 6.04. The molecule has 3 nitrogen and oxygen atoms in total. The van der Waals surface area contributed by atoms with E-state index in [0.717, 1.165) is 40.2 Å². The first-order valence-corrected chi connectivity index (χ1v) is 9.46. The summed E-state index contributed by atoms with van der Waals surface area (Å²) in [4.78, 5) is 4.52. The third kappa shape index (κ3) is 4.06. The molecule has 0 bridgehead atoms. The van der Waals surface area contributed by atoms with Crippen molar-refractivity contribution < 1.29 is 8.78 Å². The topological polar surface area (TPSA) is 29.9 Å². The van der Waals surface area contributed by atoms with Gasteiger partial charge in [-0.3, -0.25) is 4.57 Å². The Morgan fingerprint density at radius 1 is 1.23 bits per heavy atom. The summed E-state index contributed by atoms with van der Waals surface area (Å²) in [6.07, 6.45) is 2.55. The third-order valence-corrected chi connectivity index (χ3v) is 4.94. The number of rotatable bonds is 6. The van der Waals surface area contributed by atoms with E-state index in [1.54, 1.807) is 6.33 Å². The van der Waals surface area contributed by atoms with Gasteiger partial charge >= 0.3 is 0 Å². The quantitative estimate of drug-likeness (QED) is 0.519. The van der Waals surface area contributed by atoms with Crippen LogP contribution in [0.15, 0.2) is 41.1 Å². The molecule has 0 atom stereocenters. The molecule has 3 rings (SSSR count). The number of nitrogens with one attached hydrogen (secondary N) is 1. The van der Waals surface area contributed by atoms with E-state index in [4.69, 9.17) is 0 Å². The van der Waals surface area contributed by atoms with Crippen LogP contribution in [0.25, 0.3) is 16.7 Å². The van der Waals surface area contributed by atoms with Crippen LogP contribution in [-0.4, -0.2) is 22.0 Å². The average Bonchev–Trinajstić information content (AvgIpc) is 2.97. The molecule has 0 aliphatic rings. The number of nitrogens with zero attached hydrogens (tertiary/aromatic N) is 2.